The Balaban J connectivity index is 2.24. The van der Waals surface area contributed by atoms with Gasteiger partial charge in [0.05, 0.1) is 0 Å². The van der Waals surface area contributed by atoms with Crippen LogP contribution in [0.5, 0.6) is 0 Å². The third-order valence-electron chi connectivity index (χ3n) is 3.97. The molecule has 0 amide bonds. The van der Waals surface area contributed by atoms with Gasteiger partial charge in [0, 0.05) is 21.0 Å². The van der Waals surface area contributed by atoms with E-state index in [1.807, 2.05) is 6.07 Å². The molecule has 0 N–H and O–H groups in total. The van der Waals surface area contributed by atoms with E-state index in [1.165, 1.54) is 19.3 Å². The fraction of sp³-hybridized carbons (Fsp3) is 0.533. The second-order valence-electron chi connectivity index (χ2n) is 5.05. The van der Waals surface area contributed by atoms with Gasteiger partial charge < -0.3 is 0 Å². The summed E-state index contributed by atoms with van der Waals surface area (Å²) in [7, 11) is 0. The first kappa shape index (κ1) is 14.1. The predicted molar refractivity (Wildman–Crippen MR) is 79.2 cm³/mol. The maximum Gasteiger partial charge on any atom is 0.167 e. The van der Waals surface area contributed by atoms with Gasteiger partial charge in [-0.1, -0.05) is 37.8 Å². The summed E-state index contributed by atoms with van der Waals surface area (Å²) in [6, 6.07) is 5.44. The molecule has 1 aliphatic carbocycles. The van der Waals surface area contributed by atoms with E-state index in [4.69, 9.17) is 11.6 Å². The molecule has 1 nitrogen and oxygen atoms in total. The molecule has 1 aliphatic rings. The van der Waals surface area contributed by atoms with Gasteiger partial charge in [-0.2, -0.15) is 0 Å². The van der Waals surface area contributed by atoms with E-state index >= 15 is 0 Å². The maximum absolute atomic E-state index is 12.6. The van der Waals surface area contributed by atoms with Gasteiger partial charge in [0.2, 0.25) is 0 Å². The van der Waals surface area contributed by atoms with Gasteiger partial charge in [-0.15, -0.1) is 0 Å². The third-order valence-corrected chi connectivity index (χ3v) is 4.86. The topological polar surface area (TPSA) is 17.1 Å². The van der Waals surface area contributed by atoms with E-state index in [0.717, 1.165) is 22.9 Å². The standard InChI is InChI=1S/C15H18BrClO/c1-2-10-5-3-4-6-12(10)15(18)13-8-7-11(17)9-14(13)16/h7-10,12H,2-6H2,1H3. The van der Waals surface area contributed by atoms with Crippen molar-refractivity contribution in [3.63, 3.8) is 0 Å². The molecule has 2 rings (SSSR count). The number of rotatable bonds is 3. The summed E-state index contributed by atoms with van der Waals surface area (Å²) >= 11 is 9.37. The van der Waals surface area contributed by atoms with Crippen LogP contribution in [0.15, 0.2) is 22.7 Å². The van der Waals surface area contributed by atoms with Gasteiger partial charge >= 0.3 is 0 Å². The quantitative estimate of drug-likeness (QED) is 0.669. The first-order chi connectivity index (χ1) is 8.63. The van der Waals surface area contributed by atoms with E-state index in [0.29, 0.717) is 10.9 Å². The SMILES string of the molecule is CCC1CCCCC1C(=O)c1ccc(Cl)cc1Br. The lowest BCUT2D eigenvalue weighted by molar-refractivity contribution is 0.0819. The minimum absolute atomic E-state index is 0.196. The number of carbonyl (C=O) groups excluding carboxylic acids is 1. The molecule has 0 bridgehead atoms. The van der Waals surface area contributed by atoms with Gasteiger partial charge in [-0.25, -0.2) is 0 Å². The van der Waals surface area contributed by atoms with Crippen LogP contribution in [0.25, 0.3) is 0 Å². The van der Waals surface area contributed by atoms with Crippen molar-refractivity contribution in [3.05, 3.63) is 33.3 Å². The highest BCUT2D eigenvalue weighted by atomic mass is 79.9. The van der Waals surface area contributed by atoms with Crippen LogP contribution in [0.3, 0.4) is 0 Å². The lowest BCUT2D eigenvalue weighted by Crippen LogP contribution is -2.27. The summed E-state index contributed by atoms with van der Waals surface area (Å²) in [6.07, 6.45) is 5.77. The van der Waals surface area contributed by atoms with E-state index in [9.17, 15) is 4.79 Å². The van der Waals surface area contributed by atoms with Gasteiger partial charge in [0.25, 0.3) is 0 Å². The molecule has 98 valence electrons. The lowest BCUT2D eigenvalue weighted by Gasteiger charge is -2.29. The predicted octanol–water partition coefficient (Wildman–Crippen LogP) is 5.50. The van der Waals surface area contributed by atoms with Crippen LogP contribution in [-0.2, 0) is 0 Å². The number of ketones is 1. The summed E-state index contributed by atoms with van der Waals surface area (Å²) in [5, 5.41) is 0.661. The Kier molecular flexibility index (Phi) is 4.85. The number of carbonyl (C=O) groups is 1. The molecule has 2 atom stereocenters. The van der Waals surface area contributed by atoms with Crippen LogP contribution in [0.1, 0.15) is 49.4 Å². The van der Waals surface area contributed by atoms with Crippen molar-refractivity contribution in [1.29, 1.82) is 0 Å². The Bertz CT molecular complexity index is 444. The molecule has 0 heterocycles. The van der Waals surface area contributed by atoms with E-state index in [-0.39, 0.29) is 11.7 Å². The zero-order valence-corrected chi connectivity index (χ0v) is 12.9. The molecule has 0 aliphatic heterocycles. The second-order valence-corrected chi connectivity index (χ2v) is 6.34. The van der Waals surface area contributed by atoms with Gasteiger partial charge in [0.15, 0.2) is 5.78 Å². The maximum atomic E-state index is 12.6. The van der Waals surface area contributed by atoms with Gasteiger partial charge in [0.1, 0.15) is 0 Å². The van der Waals surface area contributed by atoms with Crippen molar-refractivity contribution in [2.45, 2.75) is 39.0 Å². The van der Waals surface area contributed by atoms with E-state index in [2.05, 4.69) is 22.9 Å². The molecular formula is C15H18BrClO. The van der Waals surface area contributed by atoms with Crippen LogP contribution >= 0.6 is 27.5 Å². The van der Waals surface area contributed by atoms with Crippen molar-refractivity contribution in [3.8, 4) is 0 Å². The van der Waals surface area contributed by atoms with E-state index in [1.54, 1.807) is 12.1 Å². The van der Waals surface area contributed by atoms with Crippen LogP contribution < -0.4 is 0 Å². The Labute approximate surface area is 122 Å². The van der Waals surface area contributed by atoms with Crippen molar-refractivity contribution in [2.75, 3.05) is 0 Å². The smallest absolute Gasteiger partial charge is 0.167 e. The molecule has 0 radical (unpaired) electrons. The number of hydrogen-bond acceptors (Lipinski definition) is 1. The molecule has 0 aromatic heterocycles. The fourth-order valence-corrected chi connectivity index (χ4v) is 3.81. The van der Waals surface area contributed by atoms with Crippen LogP contribution in [-0.4, -0.2) is 5.78 Å². The van der Waals surface area contributed by atoms with Crippen LogP contribution in [0.4, 0.5) is 0 Å². The van der Waals surface area contributed by atoms with Crippen molar-refractivity contribution >= 4 is 33.3 Å². The summed E-state index contributed by atoms with van der Waals surface area (Å²) in [5.74, 6) is 1.03. The highest BCUT2D eigenvalue weighted by Gasteiger charge is 2.30. The van der Waals surface area contributed by atoms with Crippen molar-refractivity contribution < 1.29 is 4.79 Å². The normalized spacial score (nSPS) is 23.9. The van der Waals surface area contributed by atoms with Crippen LogP contribution in [0.2, 0.25) is 5.02 Å². The average molecular weight is 330 g/mol. The molecule has 2 unspecified atom stereocenters. The second kappa shape index (κ2) is 6.21. The summed E-state index contributed by atoms with van der Waals surface area (Å²) in [5.41, 5.74) is 0.782. The largest absolute Gasteiger partial charge is 0.294 e. The Morgan fingerprint density at radius 2 is 2.11 bits per heavy atom. The molecule has 3 heteroatoms. The van der Waals surface area contributed by atoms with E-state index < -0.39 is 0 Å². The monoisotopic (exact) mass is 328 g/mol. The molecule has 1 saturated carbocycles. The zero-order valence-electron chi connectivity index (χ0n) is 10.6. The molecule has 18 heavy (non-hydrogen) atoms. The highest BCUT2D eigenvalue weighted by molar-refractivity contribution is 9.10. The molecule has 0 saturated heterocycles. The molecule has 1 aromatic carbocycles. The zero-order chi connectivity index (χ0) is 13.1. The lowest BCUT2D eigenvalue weighted by atomic mass is 9.74. The number of Topliss-reactive ketones (excluding diaryl/α,β-unsaturated/α-hetero) is 1. The summed E-state index contributed by atoms with van der Waals surface area (Å²) in [6.45, 7) is 2.19. The average Bonchev–Trinajstić information content (AvgIpc) is 2.38. The highest BCUT2D eigenvalue weighted by Crippen LogP contribution is 2.36. The minimum atomic E-state index is 0.196. The van der Waals surface area contributed by atoms with Crippen molar-refractivity contribution in [2.24, 2.45) is 11.8 Å². The number of hydrogen-bond donors (Lipinski definition) is 0. The Morgan fingerprint density at radius 1 is 1.39 bits per heavy atom. The number of halogens is 2. The molecular weight excluding hydrogens is 312 g/mol. The fourth-order valence-electron chi connectivity index (χ4n) is 2.93. The number of benzene rings is 1. The molecule has 1 aromatic rings. The van der Waals surface area contributed by atoms with Gasteiger partial charge in [-0.05, 0) is 52.9 Å². The molecule has 0 spiro atoms. The van der Waals surface area contributed by atoms with Crippen LogP contribution in [0, 0.1) is 11.8 Å². The Hall–Kier alpha value is -0.340. The van der Waals surface area contributed by atoms with Crippen molar-refractivity contribution in [1.82, 2.24) is 0 Å². The minimum Gasteiger partial charge on any atom is -0.294 e. The van der Waals surface area contributed by atoms with Gasteiger partial charge in [-0.3, -0.25) is 4.79 Å². The molecule has 1 fully saturated rings. The summed E-state index contributed by atoms with van der Waals surface area (Å²) in [4.78, 5) is 12.6. The summed E-state index contributed by atoms with van der Waals surface area (Å²) < 4.78 is 0.820. The first-order valence-corrected chi connectivity index (χ1v) is 7.79. The third kappa shape index (κ3) is 2.97. The first-order valence-electron chi connectivity index (χ1n) is 6.62. The Morgan fingerprint density at radius 3 is 2.78 bits per heavy atom.